The highest BCUT2D eigenvalue weighted by Crippen LogP contribution is 2.37. The number of allylic oxidation sites excluding steroid dienone is 1. The molecule has 3 aliphatic heterocycles. The third kappa shape index (κ3) is 3.46. The first-order chi connectivity index (χ1) is 14.1. The van der Waals surface area contributed by atoms with Crippen molar-refractivity contribution < 1.29 is 4.39 Å². The van der Waals surface area contributed by atoms with Gasteiger partial charge in [-0.05, 0) is 12.1 Å². The highest BCUT2D eigenvalue weighted by Gasteiger charge is 2.62. The third-order valence-corrected chi connectivity index (χ3v) is 8.17. The summed E-state index contributed by atoms with van der Waals surface area (Å²) in [5.41, 5.74) is 7.00. The molecule has 2 aromatic rings. The van der Waals surface area contributed by atoms with E-state index in [1.54, 1.807) is 11.3 Å². The first-order valence-electron chi connectivity index (χ1n) is 9.16. The number of nitrogens with zero attached hydrogens (tertiary/aromatic N) is 5. The molecule has 3 aliphatic rings. The number of halogens is 2. The van der Waals surface area contributed by atoms with Crippen LogP contribution in [0.5, 0.6) is 0 Å². The van der Waals surface area contributed by atoms with Crippen LogP contribution in [0.4, 0.5) is 10.3 Å². The second kappa shape index (κ2) is 7.52. The monoisotopic (exact) mass is 433 g/mol. The van der Waals surface area contributed by atoms with Crippen LogP contribution in [0.1, 0.15) is 12.1 Å². The second-order valence-corrected chi connectivity index (χ2v) is 9.66. The maximum Gasteiger partial charge on any atom is 0.239 e. The van der Waals surface area contributed by atoms with E-state index in [-0.39, 0.29) is 16.4 Å². The topological polar surface area (TPSA) is 90.4 Å². The fourth-order valence-corrected chi connectivity index (χ4v) is 6.93. The number of anilines is 1. The lowest BCUT2D eigenvalue weighted by atomic mass is 9.93. The average Bonchev–Trinajstić information content (AvgIpc) is 3.18. The van der Waals surface area contributed by atoms with Crippen molar-refractivity contribution in [3.63, 3.8) is 0 Å². The van der Waals surface area contributed by atoms with Crippen molar-refractivity contribution in [2.75, 3.05) is 17.8 Å². The van der Waals surface area contributed by atoms with E-state index >= 15 is 0 Å². The highest BCUT2D eigenvalue weighted by atomic mass is 35.5. The van der Waals surface area contributed by atoms with Gasteiger partial charge in [0.2, 0.25) is 5.95 Å². The Morgan fingerprint density at radius 3 is 3.03 bits per heavy atom. The summed E-state index contributed by atoms with van der Waals surface area (Å²) in [6.07, 6.45) is 8.93. The summed E-state index contributed by atoms with van der Waals surface area (Å²) in [5, 5.41) is 6.56. The molecule has 0 aliphatic carbocycles. The molecule has 29 heavy (non-hydrogen) atoms. The van der Waals surface area contributed by atoms with Gasteiger partial charge < -0.3 is 0 Å². The SMILES string of the molecule is Fc1cnc(NN2CC34NC[S+](Cc5ncccc5Cl)C3CC=CN=C4N2)nc1. The van der Waals surface area contributed by atoms with Crippen molar-refractivity contribution in [1.29, 1.82) is 0 Å². The van der Waals surface area contributed by atoms with Gasteiger partial charge in [0, 0.05) is 29.7 Å². The largest absolute Gasteiger partial charge is 0.287 e. The molecule has 150 valence electrons. The molecule has 0 amide bonds. The quantitative estimate of drug-likeness (QED) is 0.631. The second-order valence-electron chi connectivity index (χ2n) is 7.03. The Bertz CT molecular complexity index is 971. The standard InChI is InChI=1S/C18H19ClFN8S/c19-13-3-1-5-21-14(13)9-29-11-25-18-10-28(27-17-23-7-12(20)8-24-17)26-16(18)22-6-2-4-15(18)29/h1-3,5-8,15,25H,4,9-11H2,(H,22,26)(H,23,24,27)/q+1. The summed E-state index contributed by atoms with van der Waals surface area (Å²) in [7, 11) is 0.0340. The van der Waals surface area contributed by atoms with E-state index in [2.05, 4.69) is 42.2 Å². The van der Waals surface area contributed by atoms with E-state index in [4.69, 9.17) is 11.6 Å². The highest BCUT2D eigenvalue weighted by molar-refractivity contribution is 7.97. The minimum Gasteiger partial charge on any atom is -0.287 e. The summed E-state index contributed by atoms with van der Waals surface area (Å²) in [6, 6.07) is 3.74. The Kier molecular flexibility index (Phi) is 4.86. The molecule has 8 nitrogen and oxygen atoms in total. The minimum absolute atomic E-state index is 0.0340. The van der Waals surface area contributed by atoms with Gasteiger partial charge in [-0.25, -0.2) is 19.4 Å². The number of aromatic nitrogens is 3. The molecular formula is C18H19ClFN8S+. The molecule has 11 heteroatoms. The van der Waals surface area contributed by atoms with Crippen molar-refractivity contribution in [3.8, 4) is 0 Å². The van der Waals surface area contributed by atoms with Gasteiger partial charge in [0.05, 0.1) is 24.0 Å². The number of rotatable bonds is 4. The van der Waals surface area contributed by atoms with Gasteiger partial charge >= 0.3 is 0 Å². The number of amidine groups is 1. The van der Waals surface area contributed by atoms with Crippen LogP contribution < -0.4 is 16.2 Å². The van der Waals surface area contributed by atoms with Gasteiger partial charge in [-0.3, -0.25) is 21.2 Å². The van der Waals surface area contributed by atoms with Crippen LogP contribution in [-0.4, -0.2) is 49.1 Å². The minimum atomic E-state index is -0.474. The van der Waals surface area contributed by atoms with Crippen LogP contribution in [0.15, 0.2) is 48.0 Å². The van der Waals surface area contributed by atoms with Crippen LogP contribution in [0.3, 0.4) is 0 Å². The maximum absolute atomic E-state index is 13.1. The predicted molar refractivity (Wildman–Crippen MR) is 111 cm³/mol. The fraction of sp³-hybridized carbons (Fsp3) is 0.333. The van der Waals surface area contributed by atoms with E-state index in [1.165, 1.54) is 0 Å². The molecule has 3 atom stereocenters. The van der Waals surface area contributed by atoms with Gasteiger partial charge in [-0.15, -0.1) is 5.12 Å². The van der Waals surface area contributed by atoms with E-state index < -0.39 is 5.82 Å². The Balaban J connectivity index is 1.38. The van der Waals surface area contributed by atoms with Crippen molar-refractivity contribution in [2.45, 2.75) is 23.0 Å². The molecule has 2 saturated heterocycles. The Hall–Kier alpha value is -2.27. The Morgan fingerprint density at radius 2 is 2.21 bits per heavy atom. The van der Waals surface area contributed by atoms with Crippen molar-refractivity contribution in [1.82, 2.24) is 30.8 Å². The zero-order chi connectivity index (χ0) is 19.8. The molecule has 2 fully saturated rings. The van der Waals surface area contributed by atoms with Crippen LogP contribution in [0, 0.1) is 5.82 Å². The van der Waals surface area contributed by atoms with Gasteiger partial charge in [0.1, 0.15) is 22.3 Å². The van der Waals surface area contributed by atoms with Crippen LogP contribution in [0.25, 0.3) is 0 Å². The van der Waals surface area contributed by atoms with E-state index in [0.717, 1.165) is 42.0 Å². The van der Waals surface area contributed by atoms with E-state index in [1.807, 2.05) is 18.3 Å². The number of hydrazine groups is 2. The van der Waals surface area contributed by atoms with Crippen molar-refractivity contribution in [3.05, 3.63) is 59.5 Å². The lowest BCUT2D eigenvalue weighted by Crippen LogP contribution is -2.56. The zero-order valence-corrected chi connectivity index (χ0v) is 16.9. The first-order valence-corrected chi connectivity index (χ1v) is 11.2. The predicted octanol–water partition coefficient (Wildman–Crippen LogP) is 1.61. The number of hydrogen-bond donors (Lipinski definition) is 3. The molecule has 2 aromatic heterocycles. The fourth-order valence-electron chi connectivity index (χ4n) is 3.91. The molecule has 5 rings (SSSR count). The summed E-state index contributed by atoms with van der Waals surface area (Å²) < 4.78 is 13.1. The molecule has 0 bridgehead atoms. The molecule has 1 spiro atoms. The summed E-state index contributed by atoms with van der Waals surface area (Å²) in [4.78, 5) is 17.0. The van der Waals surface area contributed by atoms with Crippen molar-refractivity contribution in [2.24, 2.45) is 4.99 Å². The van der Waals surface area contributed by atoms with Gasteiger partial charge in [0.15, 0.2) is 17.4 Å². The Labute approximate surface area is 175 Å². The van der Waals surface area contributed by atoms with Gasteiger partial charge in [-0.2, -0.15) is 0 Å². The normalized spacial score (nSPS) is 28.3. The van der Waals surface area contributed by atoms with E-state index in [9.17, 15) is 4.39 Å². The number of pyridine rings is 1. The average molecular weight is 434 g/mol. The van der Waals surface area contributed by atoms with Crippen LogP contribution in [-0.2, 0) is 16.6 Å². The van der Waals surface area contributed by atoms with Crippen LogP contribution in [0.2, 0.25) is 5.02 Å². The first kappa shape index (κ1) is 18.7. The summed E-state index contributed by atoms with van der Waals surface area (Å²) in [6.45, 7) is 0.623. The number of hydrogen-bond acceptors (Lipinski definition) is 8. The number of aliphatic imine (C=N–C) groups is 1. The number of nitrogens with one attached hydrogen (secondary N) is 3. The molecular weight excluding hydrogens is 415 g/mol. The van der Waals surface area contributed by atoms with Gasteiger partial charge in [-0.1, -0.05) is 17.7 Å². The molecule has 3 N–H and O–H groups in total. The summed E-state index contributed by atoms with van der Waals surface area (Å²) in [5.74, 6) is 2.39. The van der Waals surface area contributed by atoms with Gasteiger partial charge in [0.25, 0.3) is 0 Å². The molecule has 0 saturated carbocycles. The summed E-state index contributed by atoms with van der Waals surface area (Å²) >= 11 is 6.36. The van der Waals surface area contributed by atoms with Crippen molar-refractivity contribution >= 4 is 34.3 Å². The Morgan fingerprint density at radius 1 is 1.34 bits per heavy atom. The molecule has 0 aromatic carbocycles. The molecule has 0 radical (unpaired) electrons. The van der Waals surface area contributed by atoms with E-state index in [0.29, 0.717) is 22.8 Å². The van der Waals surface area contributed by atoms with Crippen LogP contribution >= 0.6 is 11.6 Å². The lowest BCUT2D eigenvalue weighted by Gasteiger charge is -2.25. The third-order valence-electron chi connectivity index (χ3n) is 5.27. The molecule has 3 unspecified atom stereocenters. The maximum atomic E-state index is 13.1. The lowest BCUT2D eigenvalue weighted by molar-refractivity contribution is 0.286. The zero-order valence-electron chi connectivity index (χ0n) is 15.3. The molecule has 5 heterocycles. The smallest absolute Gasteiger partial charge is 0.239 e.